The Morgan fingerprint density at radius 1 is 0.923 bits per heavy atom. The minimum absolute atomic E-state index is 0.0338. The lowest BCUT2D eigenvalue weighted by molar-refractivity contribution is 0.0734. The number of phenols is 1. The molecule has 1 amide bonds. The first kappa shape index (κ1) is 16.5. The van der Waals surface area contributed by atoms with E-state index in [4.69, 9.17) is 0 Å². The summed E-state index contributed by atoms with van der Waals surface area (Å²) < 4.78 is 2.17. The van der Waals surface area contributed by atoms with Crippen LogP contribution in [0.5, 0.6) is 5.75 Å². The van der Waals surface area contributed by atoms with Crippen LogP contribution in [-0.2, 0) is 13.0 Å². The topological polar surface area (TPSA) is 45.5 Å². The van der Waals surface area contributed by atoms with Crippen molar-refractivity contribution >= 4 is 5.91 Å². The highest BCUT2D eigenvalue weighted by Crippen LogP contribution is 2.24. The average Bonchev–Trinajstić information content (AvgIpc) is 2.99. The maximum absolute atomic E-state index is 12.9. The van der Waals surface area contributed by atoms with Crippen LogP contribution in [-0.4, -0.2) is 27.0 Å². The van der Waals surface area contributed by atoms with Crippen molar-refractivity contribution in [3.63, 3.8) is 0 Å². The predicted octanol–water partition coefficient (Wildman–Crippen LogP) is 4.00. The Balaban J connectivity index is 1.56. The largest absolute Gasteiger partial charge is 0.508 e. The van der Waals surface area contributed by atoms with Gasteiger partial charge in [-0.25, -0.2) is 0 Å². The number of nitrogens with zero attached hydrogens (tertiary/aromatic N) is 2. The number of aromatic nitrogens is 1. The monoisotopic (exact) mass is 346 g/mol. The zero-order valence-electron chi connectivity index (χ0n) is 15.1. The molecule has 3 aromatic rings. The molecule has 2 heterocycles. The van der Waals surface area contributed by atoms with Gasteiger partial charge in [-0.15, -0.1) is 0 Å². The number of carbonyl (C=O) groups is 1. The van der Waals surface area contributed by atoms with Gasteiger partial charge in [0.05, 0.1) is 0 Å². The molecule has 0 atom stereocenters. The number of hydrogen-bond acceptors (Lipinski definition) is 2. The van der Waals surface area contributed by atoms with Crippen molar-refractivity contribution in [2.75, 3.05) is 6.54 Å². The van der Waals surface area contributed by atoms with Crippen molar-refractivity contribution in [1.82, 2.24) is 9.47 Å². The zero-order valence-corrected chi connectivity index (χ0v) is 15.1. The van der Waals surface area contributed by atoms with Crippen molar-refractivity contribution in [3.8, 4) is 11.4 Å². The molecule has 4 nitrogen and oxygen atoms in total. The molecule has 0 bridgehead atoms. The highest BCUT2D eigenvalue weighted by Gasteiger charge is 2.22. The minimum atomic E-state index is 0.0338. The molecule has 4 heteroatoms. The summed E-state index contributed by atoms with van der Waals surface area (Å²) in [5.41, 5.74) is 6.35. The number of phenolic OH excluding ortho intramolecular Hbond substituents is 1. The molecule has 0 spiro atoms. The molecule has 4 rings (SSSR count). The first-order chi connectivity index (χ1) is 12.5. The normalized spacial score (nSPS) is 13.5. The second-order valence-electron chi connectivity index (χ2n) is 6.93. The van der Waals surface area contributed by atoms with Crippen LogP contribution in [0.25, 0.3) is 5.69 Å². The molecule has 1 aliphatic rings. The smallest absolute Gasteiger partial charge is 0.254 e. The molecular weight excluding hydrogens is 324 g/mol. The second kappa shape index (κ2) is 6.37. The van der Waals surface area contributed by atoms with Gasteiger partial charge in [0.2, 0.25) is 0 Å². The predicted molar refractivity (Wildman–Crippen MR) is 102 cm³/mol. The van der Waals surface area contributed by atoms with Gasteiger partial charge in [-0.1, -0.05) is 6.07 Å². The molecule has 0 unspecified atom stereocenters. The third kappa shape index (κ3) is 2.88. The van der Waals surface area contributed by atoms with Crippen molar-refractivity contribution < 1.29 is 9.90 Å². The van der Waals surface area contributed by atoms with Crippen LogP contribution in [0.3, 0.4) is 0 Å². The Hall–Kier alpha value is -3.01. The lowest BCUT2D eigenvalue weighted by Crippen LogP contribution is -2.35. The van der Waals surface area contributed by atoms with E-state index in [1.807, 2.05) is 35.2 Å². The van der Waals surface area contributed by atoms with Crippen LogP contribution in [0.1, 0.15) is 32.9 Å². The maximum Gasteiger partial charge on any atom is 0.254 e. The first-order valence-corrected chi connectivity index (χ1v) is 8.88. The Morgan fingerprint density at radius 3 is 2.31 bits per heavy atom. The number of fused-ring (bicyclic) bond motifs is 1. The maximum atomic E-state index is 12.9. The van der Waals surface area contributed by atoms with Crippen molar-refractivity contribution in [2.24, 2.45) is 0 Å². The van der Waals surface area contributed by atoms with E-state index in [0.29, 0.717) is 18.7 Å². The number of carbonyl (C=O) groups excluding carboxylic acids is 1. The summed E-state index contributed by atoms with van der Waals surface area (Å²) in [6.45, 7) is 5.40. The summed E-state index contributed by atoms with van der Waals surface area (Å²) >= 11 is 0. The molecule has 0 aliphatic carbocycles. The summed E-state index contributed by atoms with van der Waals surface area (Å²) in [6, 6.07) is 17.4. The van der Waals surface area contributed by atoms with E-state index in [2.05, 4.69) is 30.5 Å². The van der Waals surface area contributed by atoms with Gasteiger partial charge in [0.1, 0.15) is 5.75 Å². The molecule has 0 fully saturated rings. The number of rotatable bonds is 2. The quantitative estimate of drug-likeness (QED) is 0.762. The van der Waals surface area contributed by atoms with E-state index in [-0.39, 0.29) is 11.7 Å². The van der Waals surface area contributed by atoms with Gasteiger partial charge in [0.15, 0.2) is 0 Å². The van der Waals surface area contributed by atoms with E-state index in [9.17, 15) is 9.90 Å². The Kier molecular flexibility index (Phi) is 4.03. The summed E-state index contributed by atoms with van der Waals surface area (Å²) in [5, 5.41) is 9.69. The number of aromatic hydroxyl groups is 1. The van der Waals surface area contributed by atoms with Crippen LogP contribution < -0.4 is 0 Å². The van der Waals surface area contributed by atoms with Crippen LogP contribution in [0.4, 0.5) is 0 Å². The van der Waals surface area contributed by atoms with Crippen molar-refractivity contribution in [2.45, 2.75) is 26.8 Å². The molecular formula is C22H22N2O2. The van der Waals surface area contributed by atoms with E-state index in [1.54, 1.807) is 12.1 Å². The fourth-order valence-electron chi connectivity index (χ4n) is 3.73. The Morgan fingerprint density at radius 2 is 1.62 bits per heavy atom. The molecule has 1 aromatic heterocycles. The SMILES string of the molecule is Cc1ccc(C)n1-c1ccc(C(=O)N2CCc3ccc(O)cc3C2)cc1. The van der Waals surface area contributed by atoms with E-state index < -0.39 is 0 Å². The Labute approximate surface area is 153 Å². The van der Waals surface area contributed by atoms with Crippen molar-refractivity contribution in [1.29, 1.82) is 0 Å². The number of benzene rings is 2. The van der Waals surface area contributed by atoms with Crippen LogP contribution in [0, 0.1) is 13.8 Å². The lowest BCUT2D eigenvalue weighted by atomic mass is 9.99. The van der Waals surface area contributed by atoms with Gasteiger partial charge in [-0.2, -0.15) is 0 Å². The van der Waals surface area contributed by atoms with E-state index >= 15 is 0 Å². The van der Waals surface area contributed by atoms with Gasteiger partial charge >= 0.3 is 0 Å². The highest BCUT2D eigenvalue weighted by molar-refractivity contribution is 5.94. The molecule has 0 saturated carbocycles. The molecule has 2 aromatic carbocycles. The standard InChI is InChI=1S/C22H22N2O2/c1-15-3-4-16(2)24(15)20-8-5-18(6-9-20)22(26)23-12-11-17-7-10-21(25)13-19(17)14-23/h3-10,13,25H,11-12,14H2,1-2H3. The first-order valence-electron chi connectivity index (χ1n) is 8.88. The van der Waals surface area contributed by atoms with Crippen LogP contribution >= 0.6 is 0 Å². The average molecular weight is 346 g/mol. The third-order valence-electron chi connectivity index (χ3n) is 5.13. The molecule has 26 heavy (non-hydrogen) atoms. The lowest BCUT2D eigenvalue weighted by Gasteiger charge is -2.29. The number of hydrogen-bond donors (Lipinski definition) is 1. The van der Waals surface area contributed by atoms with Gasteiger partial charge < -0.3 is 14.6 Å². The summed E-state index contributed by atoms with van der Waals surface area (Å²) in [7, 11) is 0. The molecule has 132 valence electrons. The summed E-state index contributed by atoms with van der Waals surface area (Å²) in [4.78, 5) is 14.7. The van der Waals surface area contributed by atoms with Gasteiger partial charge in [0, 0.05) is 35.7 Å². The van der Waals surface area contributed by atoms with Crippen LogP contribution in [0.2, 0.25) is 0 Å². The second-order valence-corrected chi connectivity index (χ2v) is 6.93. The van der Waals surface area contributed by atoms with E-state index in [0.717, 1.165) is 17.7 Å². The number of amides is 1. The van der Waals surface area contributed by atoms with E-state index in [1.165, 1.54) is 17.0 Å². The highest BCUT2D eigenvalue weighted by atomic mass is 16.3. The number of aryl methyl sites for hydroxylation is 2. The van der Waals surface area contributed by atoms with Gasteiger partial charge in [-0.05, 0) is 79.9 Å². The minimum Gasteiger partial charge on any atom is -0.508 e. The Bertz CT molecular complexity index is 951. The molecule has 0 radical (unpaired) electrons. The molecule has 1 N–H and O–H groups in total. The van der Waals surface area contributed by atoms with Crippen molar-refractivity contribution in [3.05, 3.63) is 82.7 Å². The fourth-order valence-corrected chi connectivity index (χ4v) is 3.73. The fraction of sp³-hybridized carbons (Fsp3) is 0.227. The summed E-state index contributed by atoms with van der Waals surface area (Å²) in [5.74, 6) is 0.284. The van der Waals surface area contributed by atoms with Crippen LogP contribution in [0.15, 0.2) is 54.6 Å². The molecule has 0 saturated heterocycles. The zero-order chi connectivity index (χ0) is 18.3. The van der Waals surface area contributed by atoms with Gasteiger partial charge in [0.25, 0.3) is 5.91 Å². The third-order valence-corrected chi connectivity index (χ3v) is 5.13. The molecule has 1 aliphatic heterocycles. The van der Waals surface area contributed by atoms with Gasteiger partial charge in [-0.3, -0.25) is 4.79 Å². The summed E-state index contributed by atoms with van der Waals surface area (Å²) in [6.07, 6.45) is 0.821.